The zero-order valence-electron chi connectivity index (χ0n) is 17.7. The number of rotatable bonds is 4. The van der Waals surface area contributed by atoms with E-state index in [2.05, 4.69) is 15.6 Å². The molecule has 2 aliphatic rings. The molecule has 1 saturated heterocycles. The van der Waals surface area contributed by atoms with Crippen LogP contribution in [0.5, 0.6) is 0 Å². The molecule has 2 fully saturated rings. The molecular formula is C22H29FN4O2S. The minimum Gasteiger partial charge on any atom is -0.372 e. The Kier molecular flexibility index (Phi) is 5.97. The van der Waals surface area contributed by atoms with Crippen molar-refractivity contribution < 1.29 is 13.9 Å². The van der Waals surface area contributed by atoms with Gasteiger partial charge in [0.25, 0.3) is 0 Å². The van der Waals surface area contributed by atoms with Gasteiger partial charge in [-0.1, -0.05) is 12.8 Å². The smallest absolute Gasteiger partial charge is 0.320 e. The maximum absolute atomic E-state index is 14.8. The number of aryl methyl sites for hydroxylation is 1. The third-order valence-electron chi connectivity index (χ3n) is 5.80. The second-order valence-corrected chi connectivity index (χ2v) is 9.35. The summed E-state index contributed by atoms with van der Waals surface area (Å²) in [5.41, 5.74) is 1.51. The maximum Gasteiger partial charge on any atom is 0.320 e. The lowest BCUT2D eigenvalue weighted by Crippen LogP contribution is -2.46. The number of nitrogens with one attached hydrogen (secondary N) is 2. The van der Waals surface area contributed by atoms with Crippen LogP contribution in [0.25, 0.3) is 0 Å². The van der Waals surface area contributed by atoms with Crippen LogP contribution in [0.3, 0.4) is 0 Å². The number of aromatic nitrogens is 1. The van der Waals surface area contributed by atoms with Crippen molar-refractivity contribution in [1.82, 2.24) is 10.3 Å². The van der Waals surface area contributed by atoms with Crippen molar-refractivity contribution in [2.24, 2.45) is 0 Å². The Morgan fingerprint density at radius 1 is 1.27 bits per heavy atom. The molecule has 4 rings (SSSR count). The number of hydrogen-bond donors (Lipinski definition) is 2. The van der Waals surface area contributed by atoms with Gasteiger partial charge in [0.2, 0.25) is 0 Å². The quantitative estimate of drug-likeness (QED) is 0.729. The molecule has 0 radical (unpaired) electrons. The fourth-order valence-corrected chi connectivity index (χ4v) is 5.55. The van der Waals surface area contributed by atoms with Crippen molar-refractivity contribution in [3.63, 3.8) is 0 Å². The van der Waals surface area contributed by atoms with E-state index in [0.29, 0.717) is 24.5 Å². The van der Waals surface area contributed by atoms with Gasteiger partial charge >= 0.3 is 6.03 Å². The number of nitrogens with zero attached hydrogens (tertiary/aromatic N) is 2. The Morgan fingerprint density at radius 2 is 1.97 bits per heavy atom. The fraction of sp³-hybridized carbons (Fsp3) is 0.545. The number of carbonyl (C=O) groups excluding carboxylic acids is 1. The molecule has 1 saturated carbocycles. The molecule has 2 heterocycles. The molecule has 0 bridgehead atoms. The van der Waals surface area contributed by atoms with E-state index in [4.69, 9.17) is 4.74 Å². The Labute approximate surface area is 180 Å². The average Bonchev–Trinajstić information content (AvgIpc) is 3.31. The summed E-state index contributed by atoms with van der Waals surface area (Å²) in [6.45, 7) is 7.23. The summed E-state index contributed by atoms with van der Waals surface area (Å²) >= 11 is 1.59. The molecule has 6 nitrogen and oxygen atoms in total. The third-order valence-corrected chi connectivity index (χ3v) is 6.97. The van der Waals surface area contributed by atoms with Crippen LogP contribution in [-0.2, 0) is 10.3 Å². The number of thiazole rings is 1. The Hall–Kier alpha value is -2.19. The van der Waals surface area contributed by atoms with Crippen LogP contribution in [-0.4, -0.2) is 36.3 Å². The van der Waals surface area contributed by atoms with E-state index in [1.807, 2.05) is 31.1 Å². The summed E-state index contributed by atoms with van der Waals surface area (Å²) in [7, 11) is 0. The maximum atomic E-state index is 14.8. The van der Waals surface area contributed by atoms with E-state index in [9.17, 15) is 9.18 Å². The van der Waals surface area contributed by atoms with E-state index < -0.39 is 5.54 Å². The van der Waals surface area contributed by atoms with Crippen molar-refractivity contribution in [3.05, 3.63) is 40.1 Å². The number of anilines is 2. The summed E-state index contributed by atoms with van der Waals surface area (Å²) in [5, 5.41) is 8.89. The van der Waals surface area contributed by atoms with Gasteiger partial charge in [-0.15, -0.1) is 11.3 Å². The number of urea groups is 1. The van der Waals surface area contributed by atoms with Gasteiger partial charge in [0.15, 0.2) is 0 Å². The molecule has 2 N–H and O–H groups in total. The topological polar surface area (TPSA) is 66.5 Å². The third kappa shape index (κ3) is 4.44. The largest absolute Gasteiger partial charge is 0.372 e. The van der Waals surface area contributed by atoms with Gasteiger partial charge in [0, 0.05) is 29.9 Å². The number of carbonyl (C=O) groups is 1. The second kappa shape index (κ2) is 8.51. The van der Waals surface area contributed by atoms with Crippen molar-refractivity contribution in [2.45, 2.75) is 64.2 Å². The number of morpholine rings is 1. The molecule has 2 atom stereocenters. The van der Waals surface area contributed by atoms with Crippen LogP contribution in [0.15, 0.2) is 23.6 Å². The zero-order valence-corrected chi connectivity index (χ0v) is 18.5. The normalized spacial score (nSPS) is 23.4. The molecule has 0 unspecified atom stereocenters. The highest BCUT2D eigenvalue weighted by molar-refractivity contribution is 7.09. The van der Waals surface area contributed by atoms with Gasteiger partial charge in [0.1, 0.15) is 10.8 Å². The number of amides is 2. The monoisotopic (exact) mass is 432 g/mol. The number of ether oxygens (including phenoxy) is 1. The summed E-state index contributed by atoms with van der Waals surface area (Å²) < 4.78 is 20.6. The molecule has 30 heavy (non-hydrogen) atoms. The lowest BCUT2D eigenvalue weighted by Gasteiger charge is -2.37. The molecular weight excluding hydrogens is 403 g/mol. The highest BCUT2D eigenvalue weighted by atomic mass is 32.1. The van der Waals surface area contributed by atoms with Crippen LogP contribution >= 0.6 is 11.3 Å². The molecule has 1 aliphatic carbocycles. The molecule has 0 spiro atoms. The predicted octanol–water partition coefficient (Wildman–Crippen LogP) is 4.80. The summed E-state index contributed by atoms with van der Waals surface area (Å²) in [6, 6.07) is 4.53. The van der Waals surface area contributed by atoms with Gasteiger partial charge in [-0.25, -0.2) is 14.2 Å². The summed E-state index contributed by atoms with van der Waals surface area (Å²) in [5.74, 6) is -0.347. The lowest BCUT2D eigenvalue weighted by molar-refractivity contribution is -0.00539. The van der Waals surface area contributed by atoms with Crippen molar-refractivity contribution in [3.8, 4) is 0 Å². The van der Waals surface area contributed by atoms with Gasteiger partial charge in [0.05, 0.1) is 23.4 Å². The van der Waals surface area contributed by atoms with Crippen LogP contribution in [0, 0.1) is 12.7 Å². The minimum absolute atomic E-state index is 0.0498. The zero-order chi connectivity index (χ0) is 21.3. The number of halogens is 1. The Morgan fingerprint density at radius 3 is 2.57 bits per heavy atom. The van der Waals surface area contributed by atoms with E-state index in [-0.39, 0.29) is 24.1 Å². The first kappa shape index (κ1) is 21.1. The molecule has 2 amide bonds. The van der Waals surface area contributed by atoms with E-state index >= 15 is 0 Å². The van der Waals surface area contributed by atoms with Crippen molar-refractivity contribution in [1.29, 1.82) is 0 Å². The summed E-state index contributed by atoms with van der Waals surface area (Å²) in [4.78, 5) is 19.4. The van der Waals surface area contributed by atoms with Gasteiger partial charge in [-0.05, 0) is 51.8 Å². The van der Waals surface area contributed by atoms with Gasteiger partial charge < -0.3 is 20.3 Å². The molecule has 1 aromatic carbocycles. The highest BCUT2D eigenvalue weighted by Crippen LogP contribution is 2.40. The van der Waals surface area contributed by atoms with Crippen LogP contribution in [0.1, 0.15) is 50.2 Å². The fourth-order valence-electron chi connectivity index (χ4n) is 4.54. The molecule has 162 valence electrons. The van der Waals surface area contributed by atoms with E-state index in [1.54, 1.807) is 23.5 Å². The van der Waals surface area contributed by atoms with Crippen molar-refractivity contribution >= 4 is 28.7 Å². The average molecular weight is 433 g/mol. The van der Waals surface area contributed by atoms with E-state index in [0.717, 1.165) is 36.4 Å². The molecule has 1 aromatic heterocycles. The molecule has 1 aliphatic heterocycles. The van der Waals surface area contributed by atoms with E-state index in [1.165, 1.54) is 6.07 Å². The van der Waals surface area contributed by atoms with Gasteiger partial charge in [-0.2, -0.15) is 0 Å². The highest BCUT2D eigenvalue weighted by Gasteiger charge is 2.39. The SMILES string of the molecule is Cc1csc(C2(NC(=O)Nc3ccc(N4C[C@@H](C)O[C@@H](C)C4)c(F)c3)CCCC2)n1. The van der Waals surface area contributed by atoms with Crippen LogP contribution < -0.4 is 15.5 Å². The first-order valence-electron chi connectivity index (χ1n) is 10.6. The van der Waals surface area contributed by atoms with Crippen LogP contribution in [0.4, 0.5) is 20.6 Å². The molecule has 8 heteroatoms. The Balaban J connectivity index is 1.45. The van der Waals surface area contributed by atoms with Crippen molar-refractivity contribution in [2.75, 3.05) is 23.3 Å². The number of benzene rings is 1. The van der Waals surface area contributed by atoms with Gasteiger partial charge in [-0.3, -0.25) is 0 Å². The number of hydrogen-bond acceptors (Lipinski definition) is 5. The minimum atomic E-state index is -0.429. The first-order chi connectivity index (χ1) is 14.3. The summed E-state index contributed by atoms with van der Waals surface area (Å²) in [6.07, 6.45) is 3.95. The lowest BCUT2D eigenvalue weighted by atomic mass is 9.99. The Bertz CT molecular complexity index is 902. The second-order valence-electron chi connectivity index (χ2n) is 8.49. The molecule has 2 aromatic rings. The van der Waals surface area contributed by atoms with Crippen LogP contribution in [0.2, 0.25) is 0 Å². The predicted molar refractivity (Wildman–Crippen MR) is 118 cm³/mol. The first-order valence-corrected chi connectivity index (χ1v) is 11.4. The standard InChI is InChI=1S/C22H29FN4O2S/c1-14-13-30-20(24-14)22(8-4-5-9-22)26-21(28)25-17-6-7-19(18(23)10-17)27-11-15(2)29-16(3)12-27/h6-7,10,13,15-16H,4-5,8-9,11-12H2,1-3H3,(H2,25,26,28)/t15-,16+.